The second kappa shape index (κ2) is 8.08. The van der Waals surface area contributed by atoms with Crippen LogP contribution < -0.4 is 16.0 Å². The minimum atomic E-state index is -0.567. The summed E-state index contributed by atoms with van der Waals surface area (Å²) in [6, 6.07) is -0.564. The Bertz CT molecular complexity index is 311. The fourth-order valence-electron chi connectivity index (χ4n) is 1.91. The van der Waals surface area contributed by atoms with Gasteiger partial charge < -0.3 is 25.4 Å². The van der Waals surface area contributed by atoms with Gasteiger partial charge in [0, 0.05) is 19.7 Å². The second-order valence-electron chi connectivity index (χ2n) is 4.55. The molecule has 1 aliphatic heterocycles. The highest BCUT2D eigenvalue weighted by atomic mass is 16.5. The first-order chi connectivity index (χ1) is 9.10. The molecule has 110 valence electrons. The fourth-order valence-corrected chi connectivity index (χ4v) is 1.91. The summed E-state index contributed by atoms with van der Waals surface area (Å²) in [5.74, 6) is -0.629. The van der Waals surface area contributed by atoms with E-state index < -0.39 is 6.04 Å². The molecule has 1 aliphatic rings. The lowest BCUT2D eigenvalue weighted by molar-refractivity contribution is -0.131. The molecular formula is C12H23N3O4. The van der Waals surface area contributed by atoms with Crippen molar-refractivity contribution < 1.29 is 19.1 Å². The maximum absolute atomic E-state index is 12.0. The van der Waals surface area contributed by atoms with Crippen LogP contribution in [0.2, 0.25) is 0 Å². The number of likely N-dealkylation sites (N-methyl/N-ethyl adjacent to an activating group) is 1. The summed E-state index contributed by atoms with van der Waals surface area (Å²) in [4.78, 5) is 23.7. The molecule has 3 N–H and O–H groups in total. The summed E-state index contributed by atoms with van der Waals surface area (Å²) < 4.78 is 10.1. The van der Waals surface area contributed by atoms with E-state index in [0.717, 1.165) is 0 Å². The van der Waals surface area contributed by atoms with Gasteiger partial charge in [0.15, 0.2) is 0 Å². The van der Waals surface area contributed by atoms with E-state index in [0.29, 0.717) is 26.4 Å². The van der Waals surface area contributed by atoms with E-state index in [1.165, 1.54) is 0 Å². The van der Waals surface area contributed by atoms with Crippen LogP contribution in [0.1, 0.15) is 6.92 Å². The van der Waals surface area contributed by atoms with E-state index in [2.05, 4.69) is 16.0 Å². The Morgan fingerprint density at radius 3 is 2.79 bits per heavy atom. The molecular weight excluding hydrogens is 250 g/mol. The number of hydrogen-bond donors (Lipinski definition) is 3. The number of carbonyl (C=O) groups excluding carboxylic acids is 2. The Balaban J connectivity index is 2.36. The molecule has 1 saturated heterocycles. The summed E-state index contributed by atoms with van der Waals surface area (Å²) >= 11 is 0. The normalized spacial score (nSPS) is 23.9. The first-order valence-electron chi connectivity index (χ1n) is 6.42. The van der Waals surface area contributed by atoms with E-state index in [1.54, 1.807) is 21.1 Å². The van der Waals surface area contributed by atoms with Gasteiger partial charge in [-0.3, -0.25) is 9.59 Å². The standard InChI is InChI=1S/C12H23N3O4/c1-8(11(16)14-4-5-18-3)15-12(17)9-6-19-7-10(9)13-2/h8-10,13H,4-7H2,1-3H3,(H,14,16)(H,15,17). The van der Waals surface area contributed by atoms with Gasteiger partial charge in [-0.2, -0.15) is 0 Å². The first kappa shape index (κ1) is 15.9. The van der Waals surface area contributed by atoms with Crippen LogP contribution in [0.4, 0.5) is 0 Å². The maximum Gasteiger partial charge on any atom is 0.242 e. The van der Waals surface area contributed by atoms with Crippen molar-refractivity contribution in [1.29, 1.82) is 0 Å². The molecule has 0 aromatic rings. The summed E-state index contributed by atoms with van der Waals surface area (Å²) in [6.45, 7) is 3.44. The summed E-state index contributed by atoms with van der Waals surface area (Å²) in [6.07, 6.45) is 0. The SMILES string of the molecule is CNC1COCC1C(=O)NC(C)C(=O)NCCOC. The molecule has 1 rings (SSSR count). The average Bonchev–Trinajstić information content (AvgIpc) is 2.87. The zero-order valence-corrected chi connectivity index (χ0v) is 11.7. The van der Waals surface area contributed by atoms with Crippen LogP contribution in [0.3, 0.4) is 0 Å². The third-order valence-corrected chi connectivity index (χ3v) is 3.15. The molecule has 1 fully saturated rings. The molecule has 0 bridgehead atoms. The van der Waals surface area contributed by atoms with Gasteiger partial charge >= 0.3 is 0 Å². The molecule has 0 spiro atoms. The summed E-state index contributed by atoms with van der Waals surface area (Å²) in [5, 5.41) is 8.42. The Kier molecular flexibility index (Phi) is 6.75. The Morgan fingerprint density at radius 1 is 1.42 bits per heavy atom. The van der Waals surface area contributed by atoms with Crippen molar-refractivity contribution in [3.8, 4) is 0 Å². The van der Waals surface area contributed by atoms with Crippen LogP contribution in [0, 0.1) is 5.92 Å². The minimum absolute atomic E-state index is 0.00347. The molecule has 1 heterocycles. The van der Waals surface area contributed by atoms with Gasteiger partial charge in [0.05, 0.1) is 25.7 Å². The van der Waals surface area contributed by atoms with Crippen LogP contribution in [0.15, 0.2) is 0 Å². The highest BCUT2D eigenvalue weighted by Gasteiger charge is 2.34. The molecule has 0 radical (unpaired) electrons. The minimum Gasteiger partial charge on any atom is -0.383 e. The number of carbonyl (C=O) groups is 2. The molecule has 7 heteroatoms. The largest absolute Gasteiger partial charge is 0.383 e. The lowest BCUT2D eigenvalue weighted by atomic mass is 10.0. The topological polar surface area (TPSA) is 88.7 Å². The van der Waals surface area contributed by atoms with Gasteiger partial charge in [-0.1, -0.05) is 0 Å². The van der Waals surface area contributed by atoms with Gasteiger partial charge in [0.1, 0.15) is 6.04 Å². The molecule has 0 aliphatic carbocycles. The van der Waals surface area contributed by atoms with Crippen molar-refractivity contribution in [3.63, 3.8) is 0 Å². The first-order valence-corrected chi connectivity index (χ1v) is 6.42. The second-order valence-corrected chi connectivity index (χ2v) is 4.55. The van der Waals surface area contributed by atoms with Gasteiger partial charge in [0.2, 0.25) is 11.8 Å². The number of rotatable bonds is 7. The van der Waals surface area contributed by atoms with E-state index >= 15 is 0 Å². The van der Waals surface area contributed by atoms with Crippen LogP contribution in [-0.4, -0.2) is 64.4 Å². The molecule has 7 nitrogen and oxygen atoms in total. The molecule has 2 amide bonds. The number of methoxy groups -OCH3 is 1. The molecule has 19 heavy (non-hydrogen) atoms. The third-order valence-electron chi connectivity index (χ3n) is 3.15. The van der Waals surface area contributed by atoms with Gasteiger partial charge in [-0.15, -0.1) is 0 Å². The highest BCUT2D eigenvalue weighted by molar-refractivity contribution is 5.88. The van der Waals surface area contributed by atoms with E-state index in [4.69, 9.17) is 9.47 Å². The summed E-state index contributed by atoms with van der Waals surface area (Å²) in [7, 11) is 3.36. The highest BCUT2D eigenvalue weighted by Crippen LogP contribution is 2.13. The molecule has 3 atom stereocenters. The molecule has 0 aromatic carbocycles. The predicted molar refractivity (Wildman–Crippen MR) is 69.6 cm³/mol. The number of nitrogens with one attached hydrogen (secondary N) is 3. The lowest BCUT2D eigenvalue weighted by Crippen LogP contribution is -2.50. The molecule has 3 unspecified atom stereocenters. The predicted octanol–water partition coefficient (Wildman–Crippen LogP) is -1.51. The maximum atomic E-state index is 12.0. The molecule has 0 saturated carbocycles. The zero-order chi connectivity index (χ0) is 14.3. The van der Waals surface area contributed by atoms with Crippen molar-refractivity contribution in [1.82, 2.24) is 16.0 Å². The van der Waals surface area contributed by atoms with Crippen molar-refractivity contribution >= 4 is 11.8 Å². The zero-order valence-electron chi connectivity index (χ0n) is 11.7. The van der Waals surface area contributed by atoms with E-state index in [-0.39, 0.29) is 23.8 Å². The number of ether oxygens (including phenoxy) is 2. The smallest absolute Gasteiger partial charge is 0.242 e. The van der Waals surface area contributed by atoms with Gasteiger partial charge in [0.25, 0.3) is 0 Å². The average molecular weight is 273 g/mol. The van der Waals surface area contributed by atoms with Crippen molar-refractivity contribution in [2.75, 3.05) is 40.5 Å². The Labute approximate surface area is 113 Å². The quantitative estimate of drug-likeness (QED) is 0.491. The monoisotopic (exact) mass is 273 g/mol. The summed E-state index contributed by atoms with van der Waals surface area (Å²) in [5.41, 5.74) is 0. The third kappa shape index (κ3) is 4.77. The van der Waals surface area contributed by atoms with Crippen LogP contribution in [0.5, 0.6) is 0 Å². The fraction of sp³-hybridized carbons (Fsp3) is 0.833. The van der Waals surface area contributed by atoms with Gasteiger partial charge in [-0.05, 0) is 14.0 Å². The number of amides is 2. The number of hydrogen-bond acceptors (Lipinski definition) is 5. The van der Waals surface area contributed by atoms with Gasteiger partial charge in [-0.25, -0.2) is 0 Å². The van der Waals surface area contributed by atoms with Crippen molar-refractivity contribution in [2.45, 2.75) is 19.0 Å². The Morgan fingerprint density at radius 2 is 2.16 bits per heavy atom. The van der Waals surface area contributed by atoms with E-state index in [1.807, 2.05) is 0 Å². The van der Waals surface area contributed by atoms with Crippen LogP contribution >= 0.6 is 0 Å². The molecule has 0 aromatic heterocycles. The van der Waals surface area contributed by atoms with Crippen molar-refractivity contribution in [2.24, 2.45) is 5.92 Å². The van der Waals surface area contributed by atoms with Crippen molar-refractivity contribution in [3.05, 3.63) is 0 Å². The van der Waals surface area contributed by atoms with Crippen LogP contribution in [-0.2, 0) is 19.1 Å². The van der Waals surface area contributed by atoms with Crippen LogP contribution in [0.25, 0.3) is 0 Å². The Hall–Kier alpha value is -1.18. The lowest BCUT2D eigenvalue weighted by Gasteiger charge is -2.19. The van der Waals surface area contributed by atoms with E-state index in [9.17, 15) is 9.59 Å².